The zero-order chi connectivity index (χ0) is 15.4. The summed E-state index contributed by atoms with van der Waals surface area (Å²) in [6.07, 6.45) is 0. The summed E-state index contributed by atoms with van der Waals surface area (Å²) >= 11 is 0. The second-order valence-electron chi connectivity index (χ2n) is 5.02. The second kappa shape index (κ2) is 8.24. The zero-order valence-corrected chi connectivity index (χ0v) is 12.8. The zero-order valence-electron chi connectivity index (χ0n) is 11.9. The van der Waals surface area contributed by atoms with Crippen LogP contribution in [0.5, 0.6) is 5.75 Å². The third-order valence-corrected chi connectivity index (χ3v) is 3.67. The SMILES string of the molecule is CC(C(=O)NCc1c(F)cccc1OC(F)F)C1CNC1.Cl. The van der Waals surface area contributed by atoms with Gasteiger partial charge >= 0.3 is 6.61 Å². The largest absolute Gasteiger partial charge is 0.434 e. The van der Waals surface area contributed by atoms with Gasteiger partial charge in [-0.05, 0) is 31.1 Å². The van der Waals surface area contributed by atoms with E-state index in [-0.39, 0.29) is 48.0 Å². The number of carbonyl (C=O) groups is 1. The Morgan fingerprint density at radius 1 is 1.45 bits per heavy atom. The molecule has 1 aliphatic heterocycles. The summed E-state index contributed by atoms with van der Waals surface area (Å²) in [6.45, 7) is 0.111. The molecule has 1 unspecified atom stereocenters. The highest BCUT2D eigenvalue weighted by molar-refractivity contribution is 5.85. The van der Waals surface area contributed by atoms with Crippen LogP contribution >= 0.6 is 12.4 Å². The van der Waals surface area contributed by atoms with E-state index in [1.54, 1.807) is 6.92 Å². The van der Waals surface area contributed by atoms with E-state index in [0.717, 1.165) is 19.2 Å². The smallest absolute Gasteiger partial charge is 0.387 e. The molecule has 0 aromatic heterocycles. The van der Waals surface area contributed by atoms with Crippen LogP contribution in [0.4, 0.5) is 13.2 Å². The molecule has 1 amide bonds. The number of alkyl halides is 2. The Kier molecular flexibility index (Phi) is 6.96. The predicted octanol–water partition coefficient (Wildman–Crippen LogP) is 2.32. The van der Waals surface area contributed by atoms with Crippen molar-refractivity contribution >= 4 is 18.3 Å². The van der Waals surface area contributed by atoms with Crippen molar-refractivity contribution in [2.24, 2.45) is 11.8 Å². The van der Waals surface area contributed by atoms with E-state index in [4.69, 9.17) is 0 Å². The normalized spacial score (nSPS) is 15.7. The Morgan fingerprint density at radius 2 is 2.14 bits per heavy atom. The Morgan fingerprint density at radius 3 is 2.68 bits per heavy atom. The number of rotatable bonds is 6. The van der Waals surface area contributed by atoms with Gasteiger partial charge in [-0.2, -0.15) is 8.78 Å². The fourth-order valence-corrected chi connectivity index (χ4v) is 2.13. The molecule has 22 heavy (non-hydrogen) atoms. The fourth-order valence-electron chi connectivity index (χ4n) is 2.13. The van der Waals surface area contributed by atoms with Gasteiger partial charge in [0.1, 0.15) is 11.6 Å². The van der Waals surface area contributed by atoms with Crippen LogP contribution in [0.1, 0.15) is 12.5 Å². The van der Waals surface area contributed by atoms with Gasteiger partial charge in [0.05, 0.1) is 0 Å². The Labute approximate surface area is 132 Å². The highest BCUT2D eigenvalue weighted by atomic mass is 35.5. The van der Waals surface area contributed by atoms with Gasteiger partial charge in [-0.15, -0.1) is 12.4 Å². The van der Waals surface area contributed by atoms with Crippen molar-refractivity contribution in [2.75, 3.05) is 13.1 Å². The van der Waals surface area contributed by atoms with Crippen LogP contribution in [0.2, 0.25) is 0 Å². The van der Waals surface area contributed by atoms with Crippen molar-refractivity contribution in [2.45, 2.75) is 20.1 Å². The molecule has 124 valence electrons. The monoisotopic (exact) mass is 338 g/mol. The minimum Gasteiger partial charge on any atom is -0.434 e. The first-order valence-corrected chi connectivity index (χ1v) is 6.69. The molecular formula is C14H18ClF3N2O2. The van der Waals surface area contributed by atoms with E-state index >= 15 is 0 Å². The molecule has 0 saturated carbocycles. The first-order chi connectivity index (χ1) is 9.99. The van der Waals surface area contributed by atoms with Crippen LogP contribution in [0.25, 0.3) is 0 Å². The molecular weight excluding hydrogens is 321 g/mol. The first-order valence-electron chi connectivity index (χ1n) is 6.69. The van der Waals surface area contributed by atoms with Crippen LogP contribution in [-0.4, -0.2) is 25.6 Å². The maximum atomic E-state index is 13.7. The fraction of sp³-hybridized carbons (Fsp3) is 0.500. The number of nitrogens with one attached hydrogen (secondary N) is 2. The van der Waals surface area contributed by atoms with Crippen LogP contribution in [0.3, 0.4) is 0 Å². The van der Waals surface area contributed by atoms with Crippen molar-refractivity contribution in [1.29, 1.82) is 0 Å². The molecule has 4 nitrogen and oxygen atoms in total. The van der Waals surface area contributed by atoms with Crippen LogP contribution in [0.15, 0.2) is 18.2 Å². The summed E-state index contributed by atoms with van der Waals surface area (Å²) in [5, 5.41) is 5.64. The number of halogens is 4. The van der Waals surface area contributed by atoms with E-state index in [1.165, 1.54) is 12.1 Å². The van der Waals surface area contributed by atoms with Gasteiger partial charge in [0.25, 0.3) is 0 Å². The van der Waals surface area contributed by atoms with Gasteiger partial charge in [-0.1, -0.05) is 13.0 Å². The average Bonchev–Trinajstić information content (AvgIpc) is 2.35. The van der Waals surface area contributed by atoms with Crippen LogP contribution in [-0.2, 0) is 11.3 Å². The van der Waals surface area contributed by atoms with Crippen molar-refractivity contribution in [1.82, 2.24) is 10.6 Å². The molecule has 2 rings (SSSR count). The van der Waals surface area contributed by atoms with E-state index in [0.29, 0.717) is 0 Å². The van der Waals surface area contributed by atoms with Gasteiger partial charge in [0.15, 0.2) is 0 Å². The third-order valence-electron chi connectivity index (χ3n) is 3.67. The summed E-state index contributed by atoms with van der Waals surface area (Å²) in [4.78, 5) is 11.9. The molecule has 1 aromatic carbocycles. The molecule has 1 aromatic rings. The molecule has 0 spiro atoms. The first kappa shape index (κ1) is 18.6. The summed E-state index contributed by atoms with van der Waals surface area (Å²) in [6, 6.07) is 3.66. The Bertz CT molecular complexity index is 513. The molecule has 1 atom stereocenters. The molecule has 0 aliphatic carbocycles. The lowest BCUT2D eigenvalue weighted by atomic mass is 9.88. The number of hydrogen-bond donors (Lipinski definition) is 2. The van der Waals surface area contributed by atoms with E-state index < -0.39 is 12.4 Å². The molecule has 0 radical (unpaired) electrons. The van der Waals surface area contributed by atoms with Crippen molar-refractivity contribution in [3.63, 3.8) is 0 Å². The Hall–Kier alpha value is -1.47. The van der Waals surface area contributed by atoms with Crippen molar-refractivity contribution < 1.29 is 22.7 Å². The van der Waals surface area contributed by atoms with Gasteiger partial charge in [0, 0.05) is 18.0 Å². The maximum Gasteiger partial charge on any atom is 0.387 e. The molecule has 8 heteroatoms. The third kappa shape index (κ3) is 4.51. The number of benzene rings is 1. The highest BCUT2D eigenvalue weighted by Gasteiger charge is 2.28. The molecule has 1 saturated heterocycles. The van der Waals surface area contributed by atoms with Gasteiger partial charge in [-0.3, -0.25) is 4.79 Å². The lowest BCUT2D eigenvalue weighted by molar-refractivity contribution is -0.126. The van der Waals surface area contributed by atoms with Crippen molar-refractivity contribution in [3.05, 3.63) is 29.6 Å². The summed E-state index contributed by atoms with van der Waals surface area (Å²) in [7, 11) is 0. The van der Waals surface area contributed by atoms with Gasteiger partial charge < -0.3 is 15.4 Å². The average molecular weight is 339 g/mol. The van der Waals surface area contributed by atoms with E-state index in [1.807, 2.05) is 0 Å². The molecule has 1 aliphatic rings. The molecule has 1 fully saturated rings. The highest BCUT2D eigenvalue weighted by Crippen LogP contribution is 2.23. The maximum absolute atomic E-state index is 13.7. The number of hydrogen-bond acceptors (Lipinski definition) is 3. The second-order valence-corrected chi connectivity index (χ2v) is 5.02. The lowest BCUT2D eigenvalue weighted by Crippen LogP contribution is -2.49. The van der Waals surface area contributed by atoms with Crippen LogP contribution in [0, 0.1) is 17.7 Å². The number of amides is 1. The minimum atomic E-state index is -3.04. The number of carbonyl (C=O) groups excluding carboxylic acids is 1. The number of ether oxygens (including phenoxy) is 1. The summed E-state index contributed by atoms with van der Waals surface area (Å²) < 4.78 is 42.5. The van der Waals surface area contributed by atoms with Crippen LogP contribution < -0.4 is 15.4 Å². The van der Waals surface area contributed by atoms with Gasteiger partial charge in [-0.25, -0.2) is 4.39 Å². The van der Waals surface area contributed by atoms with Crippen molar-refractivity contribution in [3.8, 4) is 5.75 Å². The minimum absolute atomic E-state index is 0. The predicted molar refractivity (Wildman–Crippen MR) is 77.7 cm³/mol. The quantitative estimate of drug-likeness (QED) is 0.837. The molecule has 2 N–H and O–H groups in total. The summed E-state index contributed by atoms with van der Waals surface area (Å²) in [5.74, 6) is -1.14. The molecule has 0 bridgehead atoms. The van der Waals surface area contributed by atoms with E-state index in [2.05, 4.69) is 15.4 Å². The summed E-state index contributed by atoms with van der Waals surface area (Å²) in [5.41, 5.74) is -0.0786. The standard InChI is InChI=1S/C14H17F3N2O2.ClH/c1-8(9-5-18-6-9)13(20)19-7-10-11(15)3-2-4-12(10)21-14(16)17;/h2-4,8-9,14,18H,5-7H2,1H3,(H,19,20);1H. The van der Waals surface area contributed by atoms with E-state index in [9.17, 15) is 18.0 Å². The molecule has 1 heterocycles. The van der Waals surface area contributed by atoms with Gasteiger partial charge in [0.2, 0.25) is 5.91 Å². The Balaban J connectivity index is 0.00000242. The topological polar surface area (TPSA) is 50.4 Å². The lowest BCUT2D eigenvalue weighted by Gasteiger charge is -2.31.